The van der Waals surface area contributed by atoms with Crippen molar-refractivity contribution in [3.8, 4) is 0 Å². The van der Waals surface area contributed by atoms with E-state index in [1.807, 2.05) is 29.2 Å². The van der Waals surface area contributed by atoms with Crippen LogP contribution in [0.15, 0.2) is 24.3 Å². The lowest BCUT2D eigenvalue weighted by Crippen LogP contribution is -2.38. The van der Waals surface area contributed by atoms with Crippen molar-refractivity contribution in [1.82, 2.24) is 4.90 Å². The zero-order valence-electron chi connectivity index (χ0n) is 11.0. The third-order valence-corrected chi connectivity index (χ3v) is 4.33. The van der Waals surface area contributed by atoms with Crippen molar-refractivity contribution in [3.05, 3.63) is 35.4 Å². The van der Waals surface area contributed by atoms with Crippen molar-refractivity contribution in [3.63, 3.8) is 0 Å². The molecule has 98 valence electrons. The number of likely N-dealkylation sites (tertiary alicyclic amines) is 1. The van der Waals surface area contributed by atoms with Gasteiger partial charge in [0.15, 0.2) is 0 Å². The smallest absolute Gasteiger partial charge is 0.254 e. The molecule has 1 aromatic rings. The average molecular weight is 310 g/mol. The molecule has 2 nitrogen and oxygen atoms in total. The third kappa shape index (κ3) is 2.77. The fraction of sp³-hybridized carbons (Fsp3) is 0.533. The summed E-state index contributed by atoms with van der Waals surface area (Å²) in [7, 11) is 0. The maximum Gasteiger partial charge on any atom is 0.254 e. The first kappa shape index (κ1) is 13.6. The molecule has 1 saturated heterocycles. The molecule has 2 rings (SSSR count). The Hall–Kier alpha value is -0.830. The molecule has 0 aliphatic carbocycles. The van der Waals surface area contributed by atoms with E-state index in [1.165, 1.54) is 5.56 Å². The summed E-state index contributed by atoms with van der Waals surface area (Å²) in [6.45, 7) is 5.30. The van der Waals surface area contributed by atoms with Gasteiger partial charge < -0.3 is 4.90 Å². The van der Waals surface area contributed by atoms with Gasteiger partial charge in [-0.05, 0) is 36.5 Å². The number of carbonyl (C=O) groups is 1. The third-order valence-electron chi connectivity index (χ3n) is 3.68. The van der Waals surface area contributed by atoms with Crippen LogP contribution in [0.4, 0.5) is 0 Å². The van der Waals surface area contributed by atoms with Gasteiger partial charge in [-0.1, -0.05) is 41.9 Å². The van der Waals surface area contributed by atoms with Crippen molar-refractivity contribution in [2.45, 2.75) is 38.1 Å². The minimum absolute atomic E-state index is 0.187. The maximum absolute atomic E-state index is 12.5. The van der Waals surface area contributed by atoms with E-state index in [0.29, 0.717) is 12.0 Å². The van der Waals surface area contributed by atoms with Crippen molar-refractivity contribution < 1.29 is 4.79 Å². The Morgan fingerprint density at radius 2 is 2.06 bits per heavy atom. The fourth-order valence-corrected chi connectivity index (χ4v) is 3.01. The molecule has 0 saturated carbocycles. The summed E-state index contributed by atoms with van der Waals surface area (Å²) in [5.74, 6) is 0.727. The van der Waals surface area contributed by atoms with Crippen molar-refractivity contribution in [2.24, 2.45) is 5.92 Å². The minimum atomic E-state index is 0.187. The number of benzene rings is 1. The van der Waals surface area contributed by atoms with Gasteiger partial charge in [0.25, 0.3) is 5.91 Å². The highest BCUT2D eigenvalue weighted by Crippen LogP contribution is 2.25. The maximum atomic E-state index is 12.5. The van der Waals surface area contributed by atoms with Gasteiger partial charge in [0.2, 0.25) is 0 Å². The molecular formula is C15H20BrNO. The molecule has 18 heavy (non-hydrogen) atoms. The Morgan fingerprint density at radius 1 is 1.39 bits per heavy atom. The van der Waals surface area contributed by atoms with Crippen molar-refractivity contribution in [1.29, 1.82) is 0 Å². The molecule has 0 N–H and O–H groups in total. The quantitative estimate of drug-likeness (QED) is 0.777. The summed E-state index contributed by atoms with van der Waals surface area (Å²) in [6, 6.07) is 8.32. The molecule has 3 heteroatoms. The molecular weight excluding hydrogens is 290 g/mol. The number of amides is 1. The molecule has 1 fully saturated rings. The highest BCUT2D eigenvalue weighted by molar-refractivity contribution is 9.08. The summed E-state index contributed by atoms with van der Waals surface area (Å²) in [4.78, 5) is 14.5. The minimum Gasteiger partial charge on any atom is -0.335 e. The molecule has 1 atom stereocenters. The normalized spacial score (nSPS) is 19.6. The number of carbonyl (C=O) groups excluding carboxylic acids is 1. The predicted octanol–water partition coefficient (Wildman–Crippen LogP) is 3.84. The molecule has 1 heterocycles. The van der Waals surface area contributed by atoms with Crippen molar-refractivity contribution >= 4 is 21.8 Å². The second kappa shape index (κ2) is 5.87. The molecule has 0 bridgehead atoms. The lowest BCUT2D eigenvalue weighted by Gasteiger charge is -2.27. The van der Waals surface area contributed by atoms with Crippen LogP contribution in [0.25, 0.3) is 0 Å². The lowest BCUT2D eigenvalue weighted by molar-refractivity contribution is 0.0701. The molecule has 1 unspecified atom stereocenters. The van der Waals surface area contributed by atoms with Crippen LogP contribution in [0, 0.1) is 5.92 Å². The van der Waals surface area contributed by atoms with E-state index in [9.17, 15) is 4.79 Å². The zero-order valence-corrected chi connectivity index (χ0v) is 12.6. The average Bonchev–Trinajstić information content (AvgIpc) is 2.87. The largest absolute Gasteiger partial charge is 0.335 e. The number of alkyl halides is 1. The van der Waals surface area contributed by atoms with Crippen LogP contribution in [0.2, 0.25) is 0 Å². The Bertz CT molecular complexity index is 413. The molecule has 1 aromatic carbocycles. The summed E-state index contributed by atoms with van der Waals surface area (Å²) < 4.78 is 0. The van der Waals surface area contributed by atoms with Gasteiger partial charge >= 0.3 is 0 Å². The topological polar surface area (TPSA) is 20.3 Å². The van der Waals surface area contributed by atoms with Gasteiger partial charge in [-0.15, -0.1) is 0 Å². The van der Waals surface area contributed by atoms with E-state index in [0.717, 1.165) is 30.3 Å². The van der Waals surface area contributed by atoms with Crippen LogP contribution in [0.5, 0.6) is 0 Å². The molecule has 1 amide bonds. The van der Waals surface area contributed by atoms with E-state index in [2.05, 4.69) is 29.8 Å². The van der Waals surface area contributed by atoms with Crippen LogP contribution in [-0.4, -0.2) is 23.4 Å². The standard InChI is InChI=1S/C15H20BrNO/c1-11(2)14-4-3-9-17(14)15(18)13-7-5-12(10-16)6-8-13/h5-8,11,14H,3-4,9-10H2,1-2H3. The fourth-order valence-electron chi connectivity index (χ4n) is 2.64. The highest BCUT2D eigenvalue weighted by Gasteiger charge is 2.31. The second-order valence-corrected chi connectivity index (χ2v) is 5.84. The summed E-state index contributed by atoms with van der Waals surface area (Å²) in [5.41, 5.74) is 2.01. The Balaban J connectivity index is 2.14. The highest BCUT2D eigenvalue weighted by atomic mass is 79.9. The second-order valence-electron chi connectivity index (χ2n) is 5.28. The number of hydrogen-bond donors (Lipinski definition) is 0. The first-order valence-corrected chi connectivity index (χ1v) is 7.71. The summed E-state index contributed by atoms with van der Waals surface area (Å²) >= 11 is 3.42. The Morgan fingerprint density at radius 3 is 2.61 bits per heavy atom. The van der Waals surface area contributed by atoms with Crippen LogP contribution in [0.1, 0.15) is 42.6 Å². The zero-order chi connectivity index (χ0) is 13.1. The number of hydrogen-bond acceptors (Lipinski definition) is 1. The van der Waals surface area contributed by atoms with Crippen LogP contribution < -0.4 is 0 Å². The van der Waals surface area contributed by atoms with Gasteiger partial charge in [0.1, 0.15) is 0 Å². The molecule has 0 spiro atoms. The van der Waals surface area contributed by atoms with Crippen LogP contribution >= 0.6 is 15.9 Å². The van der Waals surface area contributed by atoms with E-state index in [-0.39, 0.29) is 5.91 Å². The molecule has 0 radical (unpaired) electrons. The van der Waals surface area contributed by atoms with Gasteiger partial charge in [-0.25, -0.2) is 0 Å². The summed E-state index contributed by atoms with van der Waals surface area (Å²) in [5, 5.41) is 0.833. The van der Waals surface area contributed by atoms with E-state index in [1.54, 1.807) is 0 Å². The van der Waals surface area contributed by atoms with Crippen molar-refractivity contribution in [2.75, 3.05) is 6.54 Å². The predicted molar refractivity (Wildman–Crippen MR) is 78.0 cm³/mol. The first-order chi connectivity index (χ1) is 8.63. The Labute approximate surface area is 117 Å². The van der Waals surface area contributed by atoms with E-state index in [4.69, 9.17) is 0 Å². The van der Waals surface area contributed by atoms with E-state index >= 15 is 0 Å². The van der Waals surface area contributed by atoms with E-state index < -0.39 is 0 Å². The lowest BCUT2D eigenvalue weighted by atomic mass is 10.0. The van der Waals surface area contributed by atoms with Gasteiger partial charge in [0, 0.05) is 23.5 Å². The monoisotopic (exact) mass is 309 g/mol. The molecule has 1 aliphatic rings. The van der Waals surface area contributed by atoms with Gasteiger partial charge in [-0.2, -0.15) is 0 Å². The molecule has 0 aromatic heterocycles. The van der Waals surface area contributed by atoms with Crippen LogP contribution in [-0.2, 0) is 5.33 Å². The van der Waals surface area contributed by atoms with Crippen LogP contribution in [0.3, 0.4) is 0 Å². The number of nitrogens with zero attached hydrogens (tertiary/aromatic N) is 1. The summed E-state index contributed by atoms with van der Waals surface area (Å²) in [6.07, 6.45) is 2.27. The van der Waals surface area contributed by atoms with Gasteiger partial charge in [0.05, 0.1) is 0 Å². The number of rotatable bonds is 3. The first-order valence-electron chi connectivity index (χ1n) is 6.59. The number of halogens is 1. The molecule has 1 aliphatic heterocycles. The van der Waals surface area contributed by atoms with Gasteiger partial charge in [-0.3, -0.25) is 4.79 Å². The SMILES string of the molecule is CC(C)C1CCCN1C(=O)c1ccc(CBr)cc1. The Kier molecular flexibility index (Phi) is 4.44.